The molecule has 1 aliphatic carbocycles. The number of aromatic nitrogens is 1. The van der Waals surface area contributed by atoms with Gasteiger partial charge in [-0.3, -0.25) is 4.79 Å². The average molecular weight is 234 g/mol. The molecule has 2 rings (SSSR count). The van der Waals surface area contributed by atoms with Gasteiger partial charge in [-0.2, -0.15) is 0 Å². The Labute approximate surface area is 101 Å². The van der Waals surface area contributed by atoms with Crippen LogP contribution in [0.5, 0.6) is 0 Å². The van der Waals surface area contributed by atoms with Crippen LogP contribution in [0.2, 0.25) is 0 Å². The number of hydrogen-bond donors (Lipinski definition) is 3. The molecule has 1 aromatic rings. The van der Waals surface area contributed by atoms with Crippen molar-refractivity contribution in [2.45, 2.75) is 19.8 Å². The summed E-state index contributed by atoms with van der Waals surface area (Å²) < 4.78 is 0. The van der Waals surface area contributed by atoms with Crippen LogP contribution in [0.1, 0.15) is 30.1 Å². The third kappa shape index (κ3) is 3.17. The molecule has 1 atom stereocenters. The number of rotatable bonds is 5. The van der Waals surface area contributed by atoms with E-state index in [9.17, 15) is 4.79 Å². The fraction of sp³-hybridized carbons (Fsp3) is 0.500. The number of amides is 1. The van der Waals surface area contributed by atoms with E-state index in [1.165, 1.54) is 12.8 Å². The van der Waals surface area contributed by atoms with Crippen LogP contribution < -0.4 is 16.6 Å². The zero-order chi connectivity index (χ0) is 12.3. The number of hydrogen-bond acceptors (Lipinski definition) is 4. The van der Waals surface area contributed by atoms with Crippen molar-refractivity contribution in [2.75, 3.05) is 12.0 Å². The first-order valence-corrected chi connectivity index (χ1v) is 5.91. The number of nitrogen functional groups attached to an aromatic ring is 1. The first kappa shape index (κ1) is 11.9. The second-order valence-electron chi connectivity index (χ2n) is 4.60. The van der Waals surface area contributed by atoms with Gasteiger partial charge in [0.15, 0.2) is 0 Å². The molecule has 5 nitrogen and oxygen atoms in total. The predicted molar refractivity (Wildman–Crippen MR) is 66.3 cm³/mol. The fourth-order valence-corrected chi connectivity index (χ4v) is 1.84. The normalized spacial score (nSPS) is 16.4. The van der Waals surface area contributed by atoms with E-state index in [1.54, 1.807) is 18.3 Å². The molecule has 0 radical (unpaired) electrons. The molecular weight excluding hydrogens is 216 g/mol. The first-order valence-electron chi connectivity index (χ1n) is 5.91. The fourth-order valence-electron chi connectivity index (χ4n) is 1.84. The highest BCUT2D eigenvalue weighted by Gasteiger charge is 2.27. The predicted octanol–water partition coefficient (Wildman–Crippen LogP) is 1.14. The van der Waals surface area contributed by atoms with Crippen LogP contribution in [-0.2, 0) is 0 Å². The van der Waals surface area contributed by atoms with Crippen LogP contribution in [0.3, 0.4) is 0 Å². The largest absolute Gasteiger partial charge is 0.352 e. The van der Waals surface area contributed by atoms with Gasteiger partial charge < -0.3 is 10.7 Å². The van der Waals surface area contributed by atoms with Gasteiger partial charge in [-0.25, -0.2) is 10.8 Å². The lowest BCUT2D eigenvalue weighted by atomic mass is 10.1. The smallest absolute Gasteiger partial charge is 0.251 e. The third-order valence-corrected chi connectivity index (χ3v) is 3.18. The summed E-state index contributed by atoms with van der Waals surface area (Å²) in [4.78, 5) is 15.8. The van der Waals surface area contributed by atoms with Gasteiger partial charge in [0.25, 0.3) is 5.91 Å². The van der Waals surface area contributed by atoms with Gasteiger partial charge in [0, 0.05) is 18.3 Å². The van der Waals surface area contributed by atoms with Crippen LogP contribution in [0.25, 0.3) is 0 Å². The standard InChI is InChI=1S/C12H18N4O/c1-8(9-2-3-9)7-15-12(17)10-4-5-14-11(6-10)16-13/h4-6,8-9H,2-3,7,13H2,1H3,(H,14,16)(H,15,17). The Morgan fingerprint density at radius 2 is 2.41 bits per heavy atom. The monoisotopic (exact) mass is 234 g/mol. The number of nitrogens with zero attached hydrogens (tertiary/aromatic N) is 1. The summed E-state index contributed by atoms with van der Waals surface area (Å²) in [5.74, 6) is 7.03. The molecule has 92 valence electrons. The number of anilines is 1. The van der Waals surface area contributed by atoms with E-state index in [1.807, 2.05) is 0 Å². The molecule has 1 saturated carbocycles. The Morgan fingerprint density at radius 1 is 1.65 bits per heavy atom. The molecule has 1 amide bonds. The summed E-state index contributed by atoms with van der Waals surface area (Å²) in [6, 6.07) is 3.31. The Morgan fingerprint density at radius 3 is 3.06 bits per heavy atom. The maximum atomic E-state index is 11.9. The first-order chi connectivity index (χ1) is 8.20. The average Bonchev–Trinajstić information content (AvgIpc) is 3.19. The minimum atomic E-state index is -0.0728. The molecule has 5 heteroatoms. The molecule has 1 aromatic heterocycles. The van der Waals surface area contributed by atoms with Crippen molar-refractivity contribution in [2.24, 2.45) is 17.7 Å². The second kappa shape index (κ2) is 5.14. The van der Waals surface area contributed by atoms with E-state index < -0.39 is 0 Å². The SMILES string of the molecule is CC(CNC(=O)c1ccnc(NN)c1)C1CC1. The quantitative estimate of drug-likeness (QED) is 0.527. The molecule has 0 saturated heterocycles. The lowest BCUT2D eigenvalue weighted by molar-refractivity contribution is 0.0946. The number of carbonyl (C=O) groups is 1. The maximum absolute atomic E-state index is 11.9. The number of pyridine rings is 1. The van der Waals surface area contributed by atoms with Gasteiger partial charge in [0.2, 0.25) is 0 Å². The van der Waals surface area contributed by atoms with Crippen molar-refractivity contribution in [1.29, 1.82) is 0 Å². The third-order valence-electron chi connectivity index (χ3n) is 3.18. The summed E-state index contributed by atoms with van der Waals surface area (Å²) in [6.45, 7) is 2.91. The highest BCUT2D eigenvalue weighted by atomic mass is 16.1. The Bertz CT molecular complexity index is 403. The van der Waals surface area contributed by atoms with Crippen molar-refractivity contribution in [1.82, 2.24) is 10.3 Å². The van der Waals surface area contributed by atoms with Gasteiger partial charge in [-0.05, 0) is 36.8 Å². The minimum Gasteiger partial charge on any atom is -0.352 e. The zero-order valence-corrected chi connectivity index (χ0v) is 9.94. The molecule has 1 unspecified atom stereocenters. The highest BCUT2D eigenvalue weighted by molar-refractivity contribution is 5.94. The van der Waals surface area contributed by atoms with Gasteiger partial charge in [-0.1, -0.05) is 6.92 Å². The molecule has 4 N–H and O–H groups in total. The number of hydrazine groups is 1. The molecule has 0 aromatic carbocycles. The van der Waals surface area contributed by atoms with E-state index in [0.29, 0.717) is 17.3 Å². The van der Waals surface area contributed by atoms with Gasteiger partial charge in [0.05, 0.1) is 0 Å². The number of nitrogens with one attached hydrogen (secondary N) is 2. The summed E-state index contributed by atoms with van der Waals surface area (Å²) in [5, 5.41) is 2.94. The second-order valence-corrected chi connectivity index (χ2v) is 4.60. The maximum Gasteiger partial charge on any atom is 0.251 e. The summed E-state index contributed by atoms with van der Waals surface area (Å²) in [7, 11) is 0. The molecule has 0 aliphatic heterocycles. The highest BCUT2D eigenvalue weighted by Crippen LogP contribution is 2.36. The van der Waals surface area contributed by atoms with Crippen molar-refractivity contribution >= 4 is 11.7 Å². The van der Waals surface area contributed by atoms with Gasteiger partial charge in [-0.15, -0.1) is 0 Å². The number of nitrogens with two attached hydrogens (primary N) is 1. The van der Waals surface area contributed by atoms with E-state index in [-0.39, 0.29) is 5.91 Å². The van der Waals surface area contributed by atoms with E-state index >= 15 is 0 Å². The van der Waals surface area contributed by atoms with Crippen LogP contribution >= 0.6 is 0 Å². The van der Waals surface area contributed by atoms with E-state index in [4.69, 9.17) is 5.84 Å². The number of carbonyl (C=O) groups excluding carboxylic acids is 1. The van der Waals surface area contributed by atoms with E-state index in [2.05, 4.69) is 22.7 Å². The minimum absolute atomic E-state index is 0.0728. The Balaban J connectivity index is 1.89. The molecule has 1 aliphatic rings. The van der Waals surface area contributed by atoms with Crippen molar-refractivity contribution in [3.05, 3.63) is 23.9 Å². The van der Waals surface area contributed by atoms with Gasteiger partial charge >= 0.3 is 0 Å². The Kier molecular flexibility index (Phi) is 3.58. The van der Waals surface area contributed by atoms with Crippen molar-refractivity contribution < 1.29 is 4.79 Å². The lowest BCUT2D eigenvalue weighted by Crippen LogP contribution is -2.29. The lowest BCUT2D eigenvalue weighted by Gasteiger charge is -2.11. The van der Waals surface area contributed by atoms with Crippen LogP contribution in [0, 0.1) is 11.8 Å². The molecule has 1 heterocycles. The van der Waals surface area contributed by atoms with Crippen molar-refractivity contribution in [3.63, 3.8) is 0 Å². The topological polar surface area (TPSA) is 80.0 Å². The van der Waals surface area contributed by atoms with Crippen molar-refractivity contribution in [3.8, 4) is 0 Å². The van der Waals surface area contributed by atoms with Crippen LogP contribution in [0.4, 0.5) is 5.82 Å². The summed E-state index contributed by atoms with van der Waals surface area (Å²) in [5.41, 5.74) is 3.00. The Hall–Kier alpha value is -1.62. The van der Waals surface area contributed by atoms with Crippen LogP contribution in [0.15, 0.2) is 18.3 Å². The van der Waals surface area contributed by atoms with Gasteiger partial charge in [0.1, 0.15) is 5.82 Å². The molecule has 0 spiro atoms. The van der Waals surface area contributed by atoms with Crippen LogP contribution in [-0.4, -0.2) is 17.4 Å². The molecule has 1 fully saturated rings. The summed E-state index contributed by atoms with van der Waals surface area (Å²) >= 11 is 0. The summed E-state index contributed by atoms with van der Waals surface area (Å²) in [6.07, 6.45) is 4.16. The molecular formula is C12H18N4O. The van der Waals surface area contributed by atoms with E-state index in [0.717, 1.165) is 12.5 Å². The molecule has 0 bridgehead atoms. The molecule has 17 heavy (non-hydrogen) atoms. The zero-order valence-electron chi connectivity index (χ0n) is 9.94.